The molecule has 5 heteroatoms. The zero-order valence-corrected chi connectivity index (χ0v) is 14.5. The monoisotopic (exact) mass is 330 g/mol. The second kappa shape index (κ2) is 5.65. The smallest absolute Gasteiger partial charge is 0.328 e. The lowest BCUT2D eigenvalue weighted by atomic mass is 9.91. The highest BCUT2D eigenvalue weighted by atomic mass is 19.1. The number of aromatic nitrogens is 2. The predicted octanol–water partition coefficient (Wildman–Crippen LogP) is 4.01. The molecule has 1 aliphatic carbocycles. The zero-order chi connectivity index (χ0) is 17.6. The lowest BCUT2D eigenvalue weighted by Crippen LogP contribution is -2.27. The maximum atomic E-state index is 15.2. The quantitative estimate of drug-likeness (QED) is 0.904. The number of aryl methyl sites for hydroxylation is 1. The van der Waals surface area contributed by atoms with Crippen molar-refractivity contribution in [2.45, 2.75) is 39.7 Å². The lowest BCUT2D eigenvalue weighted by molar-refractivity contribution is 0.342. The summed E-state index contributed by atoms with van der Waals surface area (Å²) in [4.78, 5) is 12.6. The molecule has 1 atom stereocenters. The number of aliphatic hydroxyl groups is 1. The molecule has 1 aromatic carbocycles. The van der Waals surface area contributed by atoms with Gasteiger partial charge in [0.2, 0.25) is 0 Å². The zero-order valence-electron chi connectivity index (χ0n) is 14.5. The lowest BCUT2D eigenvalue weighted by Gasteiger charge is -2.19. The van der Waals surface area contributed by atoms with Crippen molar-refractivity contribution >= 4 is 11.0 Å². The minimum Gasteiger partial charge on any atom is -0.508 e. The van der Waals surface area contributed by atoms with E-state index < -0.39 is 0 Å². The largest absolute Gasteiger partial charge is 0.508 e. The molecule has 1 unspecified atom stereocenters. The summed E-state index contributed by atoms with van der Waals surface area (Å²) in [6.45, 7) is 6.66. The molecule has 3 rings (SSSR count). The molecule has 128 valence electrons. The van der Waals surface area contributed by atoms with E-state index in [-0.39, 0.29) is 28.6 Å². The highest BCUT2D eigenvalue weighted by molar-refractivity contribution is 5.78. The van der Waals surface area contributed by atoms with Crippen LogP contribution in [0.15, 0.2) is 40.9 Å². The van der Waals surface area contributed by atoms with Crippen LogP contribution >= 0.6 is 0 Å². The predicted molar refractivity (Wildman–Crippen MR) is 93.8 cm³/mol. The van der Waals surface area contributed by atoms with Crippen LogP contribution in [0.3, 0.4) is 0 Å². The second-order valence-corrected chi connectivity index (χ2v) is 7.66. The Balaban J connectivity index is 2.19. The fourth-order valence-electron chi connectivity index (χ4n) is 3.28. The van der Waals surface area contributed by atoms with Crippen LogP contribution in [0.4, 0.5) is 4.39 Å². The van der Waals surface area contributed by atoms with Crippen molar-refractivity contribution in [3.8, 4) is 0 Å². The number of hydrogen-bond acceptors (Lipinski definition) is 2. The molecular formula is C19H23FN2O2. The second-order valence-electron chi connectivity index (χ2n) is 7.66. The van der Waals surface area contributed by atoms with Gasteiger partial charge in [-0.1, -0.05) is 32.9 Å². The fourth-order valence-corrected chi connectivity index (χ4v) is 3.28. The van der Waals surface area contributed by atoms with Gasteiger partial charge >= 0.3 is 5.69 Å². The summed E-state index contributed by atoms with van der Waals surface area (Å²) < 4.78 is 18.2. The molecule has 1 aromatic heterocycles. The van der Waals surface area contributed by atoms with Gasteiger partial charge in [-0.2, -0.15) is 0 Å². The molecule has 2 aromatic rings. The molecule has 4 nitrogen and oxygen atoms in total. The maximum absolute atomic E-state index is 15.2. The summed E-state index contributed by atoms with van der Waals surface area (Å²) in [5, 5.41) is 9.67. The Morgan fingerprint density at radius 3 is 2.67 bits per heavy atom. The van der Waals surface area contributed by atoms with Crippen molar-refractivity contribution in [3.63, 3.8) is 0 Å². The fraction of sp³-hybridized carbons (Fsp3) is 0.421. The van der Waals surface area contributed by atoms with Crippen molar-refractivity contribution < 1.29 is 9.50 Å². The first-order chi connectivity index (χ1) is 11.2. The molecule has 0 radical (unpaired) electrons. The third kappa shape index (κ3) is 2.79. The van der Waals surface area contributed by atoms with Crippen LogP contribution in [0, 0.1) is 11.2 Å². The van der Waals surface area contributed by atoms with Gasteiger partial charge in [-0.15, -0.1) is 0 Å². The van der Waals surface area contributed by atoms with Crippen molar-refractivity contribution in [2.75, 3.05) is 0 Å². The SMILES string of the molecule is Cn1c(=O)n(CC(C)(C)C)c2ccc(C3C=C(O)C=CC3)c(F)c21. The number of imidazole rings is 1. The van der Waals surface area contributed by atoms with E-state index in [2.05, 4.69) is 0 Å². The van der Waals surface area contributed by atoms with E-state index in [0.29, 0.717) is 29.6 Å². The topological polar surface area (TPSA) is 47.2 Å². The summed E-state index contributed by atoms with van der Waals surface area (Å²) in [5.41, 5.74) is 1.14. The van der Waals surface area contributed by atoms with Gasteiger partial charge < -0.3 is 5.11 Å². The molecule has 0 saturated carbocycles. The Morgan fingerprint density at radius 1 is 1.33 bits per heavy atom. The van der Waals surface area contributed by atoms with E-state index in [1.807, 2.05) is 32.9 Å². The summed E-state index contributed by atoms with van der Waals surface area (Å²) in [6, 6.07) is 3.54. The molecule has 0 aliphatic heterocycles. The van der Waals surface area contributed by atoms with Crippen LogP contribution in [-0.2, 0) is 13.6 Å². The Hall–Kier alpha value is -2.30. The molecule has 0 amide bonds. The molecule has 24 heavy (non-hydrogen) atoms. The first kappa shape index (κ1) is 16.6. The Kier molecular flexibility index (Phi) is 3.90. The van der Waals surface area contributed by atoms with E-state index in [0.717, 1.165) is 0 Å². The van der Waals surface area contributed by atoms with Gasteiger partial charge in [0.1, 0.15) is 11.3 Å². The average Bonchev–Trinajstić information content (AvgIpc) is 2.72. The number of nitrogens with zero attached hydrogens (tertiary/aromatic N) is 2. The minimum absolute atomic E-state index is 0.0874. The van der Waals surface area contributed by atoms with Gasteiger partial charge in [-0.3, -0.25) is 9.13 Å². The number of rotatable bonds is 2. The Bertz CT molecular complexity index is 910. The number of aliphatic hydroxyl groups excluding tert-OH is 1. The number of halogens is 1. The van der Waals surface area contributed by atoms with Crippen molar-refractivity contribution in [3.05, 3.63) is 58.0 Å². The van der Waals surface area contributed by atoms with Gasteiger partial charge in [0.15, 0.2) is 5.82 Å². The van der Waals surface area contributed by atoms with Gasteiger partial charge in [-0.25, -0.2) is 9.18 Å². The number of benzene rings is 1. The summed E-state index contributed by atoms with van der Waals surface area (Å²) in [5.74, 6) is -0.463. The first-order valence-electron chi connectivity index (χ1n) is 8.14. The van der Waals surface area contributed by atoms with Crippen molar-refractivity contribution in [1.29, 1.82) is 0 Å². The first-order valence-corrected chi connectivity index (χ1v) is 8.14. The third-order valence-corrected chi connectivity index (χ3v) is 4.35. The molecule has 0 saturated heterocycles. The highest BCUT2D eigenvalue weighted by Gasteiger charge is 2.23. The van der Waals surface area contributed by atoms with Crippen LogP contribution in [-0.4, -0.2) is 14.2 Å². The van der Waals surface area contributed by atoms with Crippen LogP contribution in [0.25, 0.3) is 11.0 Å². The van der Waals surface area contributed by atoms with E-state index in [9.17, 15) is 9.90 Å². The van der Waals surface area contributed by atoms with Crippen LogP contribution in [0.5, 0.6) is 0 Å². The molecule has 0 spiro atoms. The number of fused-ring (bicyclic) bond motifs is 1. The molecule has 1 heterocycles. The summed E-state index contributed by atoms with van der Waals surface area (Å²) in [6.07, 6.45) is 5.72. The Labute approximate surface area is 140 Å². The van der Waals surface area contributed by atoms with E-state index >= 15 is 4.39 Å². The van der Waals surface area contributed by atoms with E-state index in [4.69, 9.17) is 0 Å². The van der Waals surface area contributed by atoms with Gasteiger partial charge in [0, 0.05) is 19.5 Å². The van der Waals surface area contributed by atoms with Gasteiger partial charge in [0.25, 0.3) is 0 Å². The summed E-state index contributed by atoms with van der Waals surface area (Å²) in [7, 11) is 1.60. The van der Waals surface area contributed by atoms with Crippen molar-refractivity contribution in [1.82, 2.24) is 9.13 Å². The van der Waals surface area contributed by atoms with Gasteiger partial charge in [0.05, 0.1) is 5.52 Å². The average molecular weight is 330 g/mol. The molecule has 0 fully saturated rings. The van der Waals surface area contributed by atoms with Crippen molar-refractivity contribution in [2.24, 2.45) is 12.5 Å². The summed E-state index contributed by atoms with van der Waals surface area (Å²) >= 11 is 0. The molecular weight excluding hydrogens is 307 g/mol. The maximum Gasteiger partial charge on any atom is 0.328 e. The van der Waals surface area contributed by atoms with Crippen LogP contribution in [0.1, 0.15) is 38.7 Å². The number of allylic oxidation sites excluding steroid dienone is 3. The molecule has 0 bridgehead atoms. The number of hydrogen-bond donors (Lipinski definition) is 1. The normalized spacial score (nSPS) is 18.2. The standard InChI is InChI=1S/C19H23FN2O2/c1-19(2,3)11-22-15-9-8-14(12-6-5-7-13(23)10-12)16(20)17(15)21(4)18(22)24/h5,7-10,12,23H,6,11H2,1-4H3. The van der Waals surface area contributed by atoms with Gasteiger partial charge in [-0.05, 0) is 35.6 Å². The molecule has 1 aliphatic rings. The minimum atomic E-state index is -0.385. The highest BCUT2D eigenvalue weighted by Crippen LogP contribution is 2.32. The van der Waals surface area contributed by atoms with E-state index in [1.165, 1.54) is 4.57 Å². The third-order valence-electron chi connectivity index (χ3n) is 4.35. The molecule has 1 N–H and O–H groups in total. The van der Waals surface area contributed by atoms with Crippen LogP contribution < -0.4 is 5.69 Å². The van der Waals surface area contributed by atoms with Crippen LogP contribution in [0.2, 0.25) is 0 Å². The Morgan fingerprint density at radius 2 is 2.04 bits per heavy atom. The van der Waals surface area contributed by atoms with E-state index in [1.54, 1.807) is 29.8 Å².